The summed E-state index contributed by atoms with van der Waals surface area (Å²) in [4.78, 5) is 27.4. The molecule has 1 fully saturated rings. The minimum absolute atomic E-state index is 0.0790. The first-order valence-electron chi connectivity index (χ1n) is 10.9. The zero-order chi connectivity index (χ0) is 21.5. The third-order valence-electron chi connectivity index (χ3n) is 6.19. The van der Waals surface area contributed by atoms with Crippen molar-refractivity contribution in [1.29, 1.82) is 0 Å². The van der Waals surface area contributed by atoms with E-state index in [1.54, 1.807) is 0 Å². The number of anilines is 1. The number of thiophene rings is 1. The number of rotatable bonds is 5. The van der Waals surface area contributed by atoms with Gasteiger partial charge in [0, 0.05) is 29.0 Å². The van der Waals surface area contributed by atoms with E-state index in [2.05, 4.69) is 10.6 Å². The number of hydrogen-bond acceptors (Lipinski definition) is 5. The monoisotopic (exact) mass is 438 g/mol. The fourth-order valence-electron chi connectivity index (χ4n) is 4.54. The van der Waals surface area contributed by atoms with Gasteiger partial charge in [-0.05, 0) is 63.1 Å². The summed E-state index contributed by atoms with van der Waals surface area (Å²) in [6, 6.07) is 5.92. The number of benzene rings is 1. The maximum Gasteiger partial charge on any atom is 0.292 e. The highest BCUT2D eigenvalue weighted by Gasteiger charge is 2.29. The summed E-state index contributed by atoms with van der Waals surface area (Å²) >= 11 is 1.51. The summed E-state index contributed by atoms with van der Waals surface area (Å²) in [6.07, 6.45) is 4.94. The molecule has 1 aliphatic carbocycles. The van der Waals surface area contributed by atoms with Crippen LogP contribution in [0.15, 0.2) is 22.6 Å². The Labute approximate surface area is 185 Å². The van der Waals surface area contributed by atoms with Crippen molar-refractivity contribution >= 4 is 39.1 Å². The second kappa shape index (κ2) is 8.13. The number of hydrogen-bond donors (Lipinski definition) is 2. The molecule has 0 spiro atoms. The molecule has 2 aliphatic rings. The van der Waals surface area contributed by atoms with Gasteiger partial charge < -0.3 is 19.8 Å². The lowest BCUT2D eigenvalue weighted by atomic mass is 10.1. The summed E-state index contributed by atoms with van der Waals surface area (Å²) in [5.74, 6) is -0.165. The molecule has 3 aromatic rings. The van der Waals surface area contributed by atoms with Gasteiger partial charge in [-0.25, -0.2) is 0 Å². The summed E-state index contributed by atoms with van der Waals surface area (Å²) < 4.78 is 11.5. The van der Waals surface area contributed by atoms with Crippen LogP contribution in [0, 0.1) is 13.8 Å². The van der Waals surface area contributed by atoms with Crippen LogP contribution in [0.25, 0.3) is 11.0 Å². The first-order chi connectivity index (χ1) is 15.0. The third kappa shape index (κ3) is 3.77. The molecule has 7 heteroatoms. The van der Waals surface area contributed by atoms with E-state index in [0.29, 0.717) is 28.5 Å². The number of ether oxygens (including phenoxy) is 1. The lowest BCUT2D eigenvalue weighted by Gasteiger charge is -2.12. The number of aryl methyl sites for hydroxylation is 3. The van der Waals surface area contributed by atoms with Crippen molar-refractivity contribution in [3.05, 3.63) is 51.1 Å². The first-order valence-corrected chi connectivity index (χ1v) is 11.7. The lowest BCUT2D eigenvalue weighted by Crippen LogP contribution is -2.32. The quantitative estimate of drug-likeness (QED) is 0.602. The first kappa shape index (κ1) is 20.3. The Kier molecular flexibility index (Phi) is 5.32. The molecule has 0 radical (unpaired) electrons. The largest absolute Gasteiger partial charge is 0.451 e. The second-order valence-electron chi connectivity index (χ2n) is 8.42. The molecule has 6 nitrogen and oxygen atoms in total. The zero-order valence-corrected chi connectivity index (χ0v) is 18.6. The highest BCUT2D eigenvalue weighted by atomic mass is 32.1. The molecule has 1 aromatic carbocycles. The molecule has 1 aliphatic heterocycles. The second-order valence-corrected chi connectivity index (χ2v) is 9.52. The van der Waals surface area contributed by atoms with E-state index < -0.39 is 0 Å². The van der Waals surface area contributed by atoms with Crippen LogP contribution in [-0.4, -0.2) is 31.1 Å². The molecule has 2 aromatic heterocycles. The highest BCUT2D eigenvalue weighted by molar-refractivity contribution is 7.17. The van der Waals surface area contributed by atoms with Crippen LogP contribution in [0.5, 0.6) is 0 Å². The van der Waals surface area contributed by atoms with E-state index in [1.807, 2.05) is 32.0 Å². The van der Waals surface area contributed by atoms with E-state index in [-0.39, 0.29) is 17.9 Å². The smallest absolute Gasteiger partial charge is 0.292 e. The van der Waals surface area contributed by atoms with Gasteiger partial charge in [-0.3, -0.25) is 9.59 Å². The van der Waals surface area contributed by atoms with Crippen molar-refractivity contribution in [3.8, 4) is 0 Å². The van der Waals surface area contributed by atoms with Crippen molar-refractivity contribution in [1.82, 2.24) is 5.32 Å². The molecule has 5 rings (SSSR count). The van der Waals surface area contributed by atoms with E-state index >= 15 is 0 Å². The molecule has 162 valence electrons. The molecule has 31 heavy (non-hydrogen) atoms. The predicted octanol–water partition coefficient (Wildman–Crippen LogP) is 4.76. The standard InChI is InChI=1S/C24H26N2O4S/c1-13-8-9-16-14(2)21(30-18(16)11-13)23(28)26-24-20(17-6-3-7-19(17)31-24)22(27)25-12-15-5-4-10-29-15/h8-9,11,15H,3-7,10,12H2,1-2H3,(H,25,27)(H,26,28). The molecule has 1 saturated heterocycles. The number of carbonyl (C=O) groups excluding carboxylic acids is 2. The van der Waals surface area contributed by atoms with Gasteiger partial charge >= 0.3 is 0 Å². The molecule has 0 saturated carbocycles. The van der Waals surface area contributed by atoms with Crippen molar-refractivity contribution in [2.45, 2.75) is 52.1 Å². The van der Waals surface area contributed by atoms with Gasteiger partial charge in [0.25, 0.3) is 11.8 Å². The Morgan fingerprint density at radius 2 is 2.03 bits per heavy atom. The van der Waals surface area contributed by atoms with E-state index in [1.165, 1.54) is 16.2 Å². The van der Waals surface area contributed by atoms with E-state index in [9.17, 15) is 9.59 Å². The van der Waals surface area contributed by atoms with E-state index in [0.717, 1.165) is 60.8 Å². The van der Waals surface area contributed by atoms with Crippen molar-refractivity contribution in [2.75, 3.05) is 18.5 Å². The normalized spacial score (nSPS) is 17.8. The SMILES string of the molecule is Cc1ccc2c(C)c(C(=O)Nc3sc4c(c3C(=O)NCC3CCCO3)CCC4)oc2c1. The van der Waals surface area contributed by atoms with Crippen LogP contribution < -0.4 is 10.6 Å². The van der Waals surface area contributed by atoms with E-state index in [4.69, 9.17) is 9.15 Å². The number of nitrogens with one attached hydrogen (secondary N) is 2. The highest BCUT2D eigenvalue weighted by Crippen LogP contribution is 2.39. The topological polar surface area (TPSA) is 80.6 Å². The van der Waals surface area contributed by atoms with Gasteiger partial charge in [-0.15, -0.1) is 11.3 Å². The van der Waals surface area contributed by atoms with Crippen LogP contribution in [0.4, 0.5) is 5.00 Å². The molecule has 1 atom stereocenters. The van der Waals surface area contributed by atoms with Gasteiger partial charge in [0.05, 0.1) is 11.7 Å². The van der Waals surface area contributed by atoms with Gasteiger partial charge in [0.15, 0.2) is 5.76 Å². The summed E-state index contributed by atoms with van der Waals surface area (Å²) in [5.41, 5.74) is 4.26. The maximum absolute atomic E-state index is 13.1. The zero-order valence-electron chi connectivity index (χ0n) is 17.8. The average Bonchev–Trinajstić information content (AvgIpc) is 3.50. The summed E-state index contributed by atoms with van der Waals surface area (Å²) in [7, 11) is 0. The minimum Gasteiger partial charge on any atom is -0.451 e. The Morgan fingerprint density at radius 1 is 1.16 bits per heavy atom. The summed E-state index contributed by atoms with van der Waals surface area (Å²) in [6.45, 7) is 5.14. The van der Waals surface area contributed by atoms with Crippen LogP contribution in [0.2, 0.25) is 0 Å². The Morgan fingerprint density at radius 3 is 2.84 bits per heavy atom. The van der Waals surface area contributed by atoms with Gasteiger partial charge in [-0.1, -0.05) is 12.1 Å². The third-order valence-corrected chi connectivity index (χ3v) is 7.40. The number of amides is 2. The van der Waals surface area contributed by atoms with Gasteiger partial charge in [0.1, 0.15) is 10.6 Å². The molecular formula is C24H26N2O4S. The Bertz CT molecular complexity index is 1170. The van der Waals surface area contributed by atoms with Gasteiger partial charge in [-0.2, -0.15) is 0 Å². The fraction of sp³-hybridized carbons (Fsp3) is 0.417. The number of fused-ring (bicyclic) bond motifs is 2. The Hall–Kier alpha value is -2.64. The fourth-order valence-corrected chi connectivity index (χ4v) is 5.82. The molecule has 2 N–H and O–H groups in total. The van der Waals surface area contributed by atoms with Crippen molar-refractivity contribution in [2.24, 2.45) is 0 Å². The lowest BCUT2D eigenvalue weighted by molar-refractivity contribution is 0.0858. The average molecular weight is 439 g/mol. The number of furan rings is 1. The molecule has 0 bridgehead atoms. The molecular weight excluding hydrogens is 412 g/mol. The maximum atomic E-state index is 13.1. The molecule has 2 amide bonds. The van der Waals surface area contributed by atoms with Crippen molar-refractivity contribution < 1.29 is 18.7 Å². The predicted molar refractivity (Wildman–Crippen MR) is 121 cm³/mol. The van der Waals surface area contributed by atoms with Gasteiger partial charge in [0.2, 0.25) is 0 Å². The Balaban J connectivity index is 1.41. The van der Waals surface area contributed by atoms with Crippen LogP contribution in [0.3, 0.4) is 0 Å². The minimum atomic E-state index is -0.320. The van der Waals surface area contributed by atoms with Crippen molar-refractivity contribution in [3.63, 3.8) is 0 Å². The molecule has 3 heterocycles. The van der Waals surface area contributed by atoms with Crippen LogP contribution >= 0.6 is 11.3 Å². The number of carbonyl (C=O) groups is 2. The van der Waals surface area contributed by atoms with Crippen LogP contribution in [0.1, 0.15) is 61.7 Å². The molecule has 1 unspecified atom stereocenters. The van der Waals surface area contributed by atoms with Crippen LogP contribution in [-0.2, 0) is 17.6 Å². The summed E-state index contributed by atoms with van der Waals surface area (Å²) in [5, 5.41) is 7.53.